The summed E-state index contributed by atoms with van der Waals surface area (Å²) >= 11 is 6.04. The molecule has 0 saturated carbocycles. The molecule has 0 aliphatic rings. The van der Waals surface area contributed by atoms with E-state index in [1.807, 2.05) is 6.92 Å². The van der Waals surface area contributed by atoms with Crippen LogP contribution in [0.1, 0.15) is 31.7 Å². The molecule has 0 atom stereocenters. The number of hydrogen-bond acceptors (Lipinski definition) is 3. The maximum Gasteiger partial charge on any atom is 0.240 e. The molecular formula is C15H23ClN2O3S. The molecule has 0 bridgehead atoms. The Labute approximate surface area is 137 Å². The van der Waals surface area contributed by atoms with Gasteiger partial charge in [-0.15, -0.1) is 0 Å². The van der Waals surface area contributed by atoms with Gasteiger partial charge in [-0.25, -0.2) is 8.42 Å². The van der Waals surface area contributed by atoms with Crippen LogP contribution in [0.3, 0.4) is 0 Å². The van der Waals surface area contributed by atoms with Crippen LogP contribution in [0.15, 0.2) is 18.2 Å². The van der Waals surface area contributed by atoms with Crippen molar-refractivity contribution < 1.29 is 13.2 Å². The van der Waals surface area contributed by atoms with Crippen molar-refractivity contribution in [2.45, 2.75) is 33.1 Å². The average Bonchev–Trinajstić information content (AvgIpc) is 2.43. The van der Waals surface area contributed by atoms with Crippen LogP contribution >= 0.6 is 11.6 Å². The topological polar surface area (TPSA) is 66.5 Å². The van der Waals surface area contributed by atoms with Gasteiger partial charge in [0, 0.05) is 11.6 Å². The van der Waals surface area contributed by atoms with Crippen molar-refractivity contribution in [3.05, 3.63) is 28.8 Å². The number of aryl methyl sites for hydroxylation is 1. The maximum absolute atomic E-state index is 11.9. The Kier molecular flexibility index (Phi) is 7.16. The zero-order valence-electron chi connectivity index (χ0n) is 13.2. The number of benzene rings is 1. The molecule has 1 rings (SSSR count). The smallest absolute Gasteiger partial charge is 0.240 e. The Balaban J connectivity index is 2.82. The van der Waals surface area contributed by atoms with Crippen LogP contribution in [0.2, 0.25) is 5.02 Å². The SMILES string of the molecule is CCCCCNC(=O)CN(c1ccc(C)c(Cl)c1)S(C)(=O)=O. The first-order chi connectivity index (χ1) is 10.3. The third-order valence-corrected chi connectivity index (χ3v) is 4.78. The number of sulfonamides is 1. The fourth-order valence-corrected chi connectivity index (χ4v) is 2.95. The Morgan fingerprint density at radius 3 is 2.55 bits per heavy atom. The lowest BCUT2D eigenvalue weighted by Crippen LogP contribution is -2.40. The molecule has 0 radical (unpaired) electrons. The quantitative estimate of drug-likeness (QED) is 0.736. The third kappa shape index (κ3) is 5.85. The maximum atomic E-state index is 11.9. The van der Waals surface area contributed by atoms with Crippen molar-refractivity contribution in [2.75, 3.05) is 23.7 Å². The summed E-state index contributed by atoms with van der Waals surface area (Å²) in [6, 6.07) is 4.93. The zero-order chi connectivity index (χ0) is 16.8. The van der Waals surface area contributed by atoms with E-state index in [-0.39, 0.29) is 12.5 Å². The van der Waals surface area contributed by atoms with E-state index in [0.717, 1.165) is 35.4 Å². The lowest BCUT2D eigenvalue weighted by molar-refractivity contribution is -0.119. The van der Waals surface area contributed by atoms with E-state index in [1.54, 1.807) is 18.2 Å². The number of carbonyl (C=O) groups is 1. The second-order valence-corrected chi connectivity index (χ2v) is 7.57. The van der Waals surface area contributed by atoms with E-state index in [4.69, 9.17) is 11.6 Å². The van der Waals surface area contributed by atoms with Crippen molar-refractivity contribution in [3.8, 4) is 0 Å². The second kappa shape index (κ2) is 8.39. The molecule has 0 unspecified atom stereocenters. The molecule has 0 fully saturated rings. The number of unbranched alkanes of at least 4 members (excludes halogenated alkanes) is 2. The number of rotatable bonds is 8. The van der Waals surface area contributed by atoms with Gasteiger partial charge in [0.05, 0.1) is 11.9 Å². The third-order valence-electron chi connectivity index (χ3n) is 3.23. The molecule has 0 aliphatic heterocycles. The molecule has 0 spiro atoms. The van der Waals surface area contributed by atoms with Gasteiger partial charge in [0.2, 0.25) is 15.9 Å². The summed E-state index contributed by atoms with van der Waals surface area (Å²) in [5, 5.41) is 3.20. The first-order valence-corrected chi connectivity index (χ1v) is 9.49. The number of nitrogens with one attached hydrogen (secondary N) is 1. The van der Waals surface area contributed by atoms with Crippen LogP contribution in [0.4, 0.5) is 5.69 Å². The van der Waals surface area contributed by atoms with Crippen molar-refractivity contribution in [2.24, 2.45) is 0 Å². The monoisotopic (exact) mass is 346 g/mol. The molecule has 1 N–H and O–H groups in total. The summed E-state index contributed by atoms with van der Waals surface area (Å²) in [5.74, 6) is -0.321. The van der Waals surface area contributed by atoms with E-state index >= 15 is 0 Å². The molecule has 0 aromatic heterocycles. The summed E-state index contributed by atoms with van der Waals surface area (Å²) in [7, 11) is -3.56. The molecule has 0 heterocycles. The van der Waals surface area contributed by atoms with Gasteiger partial charge in [-0.2, -0.15) is 0 Å². The minimum Gasteiger partial charge on any atom is -0.355 e. The Bertz CT molecular complexity index is 617. The van der Waals surface area contributed by atoms with Gasteiger partial charge in [-0.05, 0) is 31.0 Å². The lowest BCUT2D eigenvalue weighted by Gasteiger charge is -2.22. The lowest BCUT2D eigenvalue weighted by atomic mass is 10.2. The number of anilines is 1. The molecule has 7 heteroatoms. The van der Waals surface area contributed by atoms with Crippen LogP contribution in [-0.2, 0) is 14.8 Å². The van der Waals surface area contributed by atoms with Crippen LogP contribution < -0.4 is 9.62 Å². The van der Waals surface area contributed by atoms with E-state index in [0.29, 0.717) is 17.3 Å². The predicted molar refractivity (Wildman–Crippen MR) is 90.9 cm³/mol. The molecule has 0 aliphatic carbocycles. The fraction of sp³-hybridized carbons (Fsp3) is 0.533. The largest absolute Gasteiger partial charge is 0.355 e. The zero-order valence-corrected chi connectivity index (χ0v) is 14.8. The Morgan fingerprint density at radius 1 is 1.32 bits per heavy atom. The van der Waals surface area contributed by atoms with Crippen LogP contribution in [0.5, 0.6) is 0 Å². The normalized spacial score (nSPS) is 11.3. The average molecular weight is 347 g/mol. The number of hydrogen-bond donors (Lipinski definition) is 1. The summed E-state index contributed by atoms with van der Waals surface area (Å²) in [4.78, 5) is 11.9. The highest BCUT2D eigenvalue weighted by Gasteiger charge is 2.21. The molecule has 1 amide bonds. The van der Waals surface area contributed by atoms with Gasteiger partial charge >= 0.3 is 0 Å². The van der Waals surface area contributed by atoms with Gasteiger partial charge in [0.1, 0.15) is 6.54 Å². The number of nitrogens with zero attached hydrogens (tertiary/aromatic N) is 1. The van der Waals surface area contributed by atoms with E-state index < -0.39 is 10.0 Å². The fourth-order valence-electron chi connectivity index (χ4n) is 1.93. The van der Waals surface area contributed by atoms with Crippen LogP contribution in [-0.4, -0.2) is 33.7 Å². The van der Waals surface area contributed by atoms with Crippen LogP contribution in [0.25, 0.3) is 0 Å². The summed E-state index contributed by atoms with van der Waals surface area (Å²) in [6.45, 7) is 4.22. The highest BCUT2D eigenvalue weighted by atomic mass is 35.5. The van der Waals surface area contributed by atoms with Gasteiger partial charge in [0.15, 0.2) is 0 Å². The Hall–Kier alpha value is -1.27. The van der Waals surface area contributed by atoms with Gasteiger partial charge < -0.3 is 5.32 Å². The van der Waals surface area contributed by atoms with E-state index in [1.165, 1.54) is 0 Å². The van der Waals surface area contributed by atoms with Gasteiger partial charge in [-0.3, -0.25) is 9.10 Å². The van der Waals surface area contributed by atoms with Crippen LogP contribution in [0, 0.1) is 6.92 Å². The predicted octanol–water partition coefficient (Wildman–Crippen LogP) is 2.72. The summed E-state index contributed by atoms with van der Waals surface area (Å²) < 4.78 is 24.9. The minimum atomic E-state index is -3.56. The highest BCUT2D eigenvalue weighted by Crippen LogP contribution is 2.24. The Morgan fingerprint density at radius 2 is 2.00 bits per heavy atom. The number of carbonyl (C=O) groups excluding carboxylic acids is 1. The van der Waals surface area contributed by atoms with Crippen molar-refractivity contribution in [1.29, 1.82) is 0 Å². The van der Waals surface area contributed by atoms with Crippen molar-refractivity contribution in [3.63, 3.8) is 0 Å². The van der Waals surface area contributed by atoms with Gasteiger partial charge in [0.25, 0.3) is 0 Å². The highest BCUT2D eigenvalue weighted by molar-refractivity contribution is 7.92. The molecule has 1 aromatic carbocycles. The molecule has 22 heavy (non-hydrogen) atoms. The number of halogens is 1. The molecule has 1 aromatic rings. The molecule has 5 nitrogen and oxygen atoms in total. The van der Waals surface area contributed by atoms with E-state index in [2.05, 4.69) is 12.2 Å². The van der Waals surface area contributed by atoms with Crippen molar-refractivity contribution >= 4 is 33.2 Å². The minimum absolute atomic E-state index is 0.246. The standard InChI is InChI=1S/C15H23ClN2O3S/c1-4-5-6-9-17-15(19)11-18(22(3,20)21)13-8-7-12(2)14(16)10-13/h7-8,10H,4-6,9,11H2,1-3H3,(H,17,19). The first kappa shape index (κ1) is 18.8. The van der Waals surface area contributed by atoms with Gasteiger partial charge in [-0.1, -0.05) is 37.4 Å². The number of amides is 1. The molecule has 0 saturated heterocycles. The summed E-state index contributed by atoms with van der Waals surface area (Å²) in [6.07, 6.45) is 4.06. The first-order valence-electron chi connectivity index (χ1n) is 7.26. The second-order valence-electron chi connectivity index (χ2n) is 5.26. The molecule has 124 valence electrons. The van der Waals surface area contributed by atoms with E-state index in [9.17, 15) is 13.2 Å². The summed E-state index contributed by atoms with van der Waals surface area (Å²) in [5.41, 5.74) is 1.24. The molecular weight excluding hydrogens is 324 g/mol. The van der Waals surface area contributed by atoms with Crippen molar-refractivity contribution in [1.82, 2.24) is 5.32 Å².